The molecule has 0 radical (unpaired) electrons. The summed E-state index contributed by atoms with van der Waals surface area (Å²) in [7, 11) is 0. The van der Waals surface area contributed by atoms with Crippen LogP contribution < -0.4 is 10.5 Å². The summed E-state index contributed by atoms with van der Waals surface area (Å²) in [5.74, 6) is -0.349. The van der Waals surface area contributed by atoms with E-state index in [9.17, 15) is 14.0 Å². The van der Waals surface area contributed by atoms with Crippen LogP contribution in [0.3, 0.4) is 0 Å². The lowest BCUT2D eigenvalue weighted by Gasteiger charge is -2.36. The van der Waals surface area contributed by atoms with Crippen LogP contribution in [0.4, 0.5) is 10.1 Å². The standard InChI is InChI=1S/C19H19FN4O2S2/c1-27-19-21-15-6-11-28-17(15)18(26)24(19)12-16(25)23-9-7-22(8-10-23)14-4-2-13(20)3-5-14/h2-6,11H,7-10,12H2,1H3. The van der Waals surface area contributed by atoms with E-state index in [4.69, 9.17) is 0 Å². The normalized spacial score (nSPS) is 14.6. The zero-order chi connectivity index (χ0) is 19.7. The van der Waals surface area contributed by atoms with Crippen LogP contribution in [0.5, 0.6) is 0 Å². The van der Waals surface area contributed by atoms with Gasteiger partial charge in [0.1, 0.15) is 17.1 Å². The number of aromatic nitrogens is 2. The second kappa shape index (κ2) is 7.92. The number of anilines is 1. The zero-order valence-corrected chi connectivity index (χ0v) is 16.9. The number of thiophene rings is 1. The Hall–Kier alpha value is -2.39. The molecule has 28 heavy (non-hydrogen) atoms. The van der Waals surface area contributed by atoms with Crippen molar-refractivity contribution < 1.29 is 9.18 Å². The molecule has 4 rings (SSSR count). The molecule has 1 amide bonds. The largest absolute Gasteiger partial charge is 0.368 e. The molecule has 1 aliphatic heterocycles. The molecule has 0 atom stereocenters. The van der Waals surface area contributed by atoms with Gasteiger partial charge in [-0.25, -0.2) is 9.37 Å². The Morgan fingerprint density at radius 2 is 1.89 bits per heavy atom. The first-order valence-electron chi connectivity index (χ1n) is 8.87. The minimum atomic E-state index is -0.260. The van der Waals surface area contributed by atoms with Gasteiger partial charge in [-0.15, -0.1) is 11.3 Å². The number of thioether (sulfide) groups is 1. The fourth-order valence-corrected chi connectivity index (χ4v) is 4.66. The number of benzene rings is 1. The van der Waals surface area contributed by atoms with Crippen molar-refractivity contribution >= 4 is 44.9 Å². The molecule has 0 N–H and O–H groups in total. The maximum absolute atomic E-state index is 13.1. The molecule has 0 saturated carbocycles. The van der Waals surface area contributed by atoms with Gasteiger partial charge in [-0.05, 0) is 42.0 Å². The highest BCUT2D eigenvalue weighted by Gasteiger charge is 2.23. The van der Waals surface area contributed by atoms with Gasteiger partial charge in [0.15, 0.2) is 5.16 Å². The fraction of sp³-hybridized carbons (Fsp3) is 0.316. The van der Waals surface area contributed by atoms with Crippen LogP contribution in [-0.2, 0) is 11.3 Å². The van der Waals surface area contributed by atoms with Crippen LogP contribution in [-0.4, -0.2) is 52.8 Å². The van der Waals surface area contributed by atoms with Crippen LogP contribution in [0.2, 0.25) is 0 Å². The van der Waals surface area contributed by atoms with Crippen molar-refractivity contribution in [2.24, 2.45) is 0 Å². The average molecular weight is 419 g/mol. The second-order valence-corrected chi connectivity index (χ2v) is 8.16. The molecule has 0 unspecified atom stereocenters. The smallest absolute Gasteiger partial charge is 0.272 e. The molecule has 3 aromatic rings. The van der Waals surface area contributed by atoms with E-state index in [0.717, 1.165) is 5.69 Å². The lowest BCUT2D eigenvalue weighted by Crippen LogP contribution is -2.50. The van der Waals surface area contributed by atoms with Crippen molar-refractivity contribution in [1.82, 2.24) is 14.5 Å². The van der Waals surface area contributed by atoms with Crippen LogP contribution >= 0.6 is 23.1 Å². The molecule has 3 heterocycles. The molecular formula is C19H19FN4O2S2. The molecule has 0 aliphatic carbocycles. The zero-order valence-electron chi connectivity index (χ0n) is 15.3. The predicted molar refractivity (Wildman–Crippen MR) is 111 cm³/mol. The lowest BCUT2D eigenvalue weighted by atomic mass is 10.2. The van der Waals surface area contributed by atoms with Crippen molar-refractivity contribution in [2.45, 2.75) is 11.7 Å². The van der Waals surface area contributed by atoms with Crippen LogP contribution in [0.25, 0.3) is 10.2 Å². The third-order valence-corrected chi connectivity index (χ3v) is 6.40. The van der Waals surface area contributed by atoms with Crippen molar-refractivity contribution in [1.29, 1.82) is 0 Å². The van der Waals surface area contributed by atoms with Crippen LogP contribution in [0.15, 0.2) is 45.7 Å². The first-order valence-corrected chi connectivity index (χ1v) is 11.0. The number of rotatable bonds is 4. The average Bonchev–Trinajstić information content (AvgIpc) is 3.19. The van der Waals surface area contributed by atoms with Crippen molar-refractivity contribution in [3.63, 3.8) is 0 Å². The van der Waals surface area contributed by atoms with Gasteiger partial charge in [-0.3, -0.25) is 14.2 Å². The molecule has 0 spiro atoms. The van der Waals surface area contributed by atoms with E-state index in [1.165, 1.54) is 39.8 Å². The van der Waals surface area contributed by atoms with E-state index >= 15 is 0 Å². The van der Waals surface area contributed by atoms with Gasteiger partial charge in [0.05, 0.1) is 5.52 Å². The molecule has 1 aromatic carbocycles. The van der Waals surface area contributed by atoms with Crippen molar-refractivity contribution in [3.05, 3.63) is 51.9 Å². The van der Waals surface area contributed by atoms with E-state index in [0.29, 0.717) is 41.6 Å². The molecular weight excluding hydrogens is 399 g/mol. The molecule has 6 nitrogen and oxygen atoms in total. The number of carbonyl (C=O) groups excluding carboxylic acids is 1. The Morgan fingerprint density at radius 1 is 1.18 bits per heavy atom. The van der Waals surface area contributed by atoms with Gasteiger partial charge < -0.3 is 9.80 Å². The monoisotopic (exact) mass is 418 g/mol. The first-order chi connectivity index (χ1) is 13.6. The van der Waals surface area contributed by atoms with E-state index < -0.39 is 0 Å². The molecule has 9 heteroatoms. The predicted octanol–water partition coefficient (Wildman–Crippen LogP) is 2.67. The second-order valence-electron chi connectivity index (χ2n) is 6.47. The third-order valence-electron chi connectivity index (χ3n) is 4.83. The molecule has 1 aliphatic rings. The Labute approximate surface area is 169 Å². The van der Waals surface area contributed by atoms with Crippen LogP contribution in [0, 0.1) is 5.82 Å². The van der Waals surface area contributed by atoms with Gasteiger partial charge >= 0.3 is 0 Å². The van der Waals surface area contributed by atoms with Gasteiger partial charge in [-0.2, -0.15) is 0 Å². The van der Waals surface area contributed by atoms with E-state index in [-0.39, 0.29) is 23.8 Å². The highest BCUT2D eigenvalue weighted by molar-refractivity contribution is 7.98. The van der Waals surface area contributed by atoms with E-state index in [2.05, 4.69) is 9.88 Å². The summed E-state index contributed by atoms with van der Waals surface area (Å²) >= 11 is 2.71. The number of carbonyl (C=O) groups is 1. The molecule has 146 valence electrons. The number of fused-ring (bicyclic) bond motifs is 1. The lowest BCUT2D eigenvalue weighted by molar-refractivity contribution is -0.132. The van der Waals surface area contributed by atoms with E-state index in [1.807, 2.05) is 17.7 Å². The molecule has 1 saturated heterocycles. The van der Waals surface area contributed by atoms with Crippen molar-refractivity contribution in [2.75, 3.05) is 37.3 Å². The maximum atomic E-state index is 13.1. The SMILES string of the molecule is CSc1nc2ccsc2c(=O)n1CC(=O)N1CCN(c2ccc(F)cc2)CC1. The molecule has 1 fully saturated rings. The number of hydrogen-bond acceptors (Lipinski definition) is 6. The maximum Gasteiger partial charge on any atom is 0.272 e. The molecule has 0 bridgehead atoms. The quantitative estimate of drug-likeness (QED) is 0.482. The highest BCUT2D eigenvalue weighted by Crippen LogP contribution is 2.20. The summed E-state index contributed by atoms with van der Waals surface area (Å²) in [4.78, 5) is 34.0. The highest BCUT2D eigenvalue weighted by atomic mass is 32.2. The van der Waals surface area contributed by atoms with Crippen LogP contribution in [0.1, 0.15) is 0 Å². The van der Waals surface area contributed by atoms with Gasteiger partial charge in [0.25, 0.3) is 5.56 Å². The Balaban J connectivity index is 1.46. The Kier molecular flexibility index (Phi) is 5.36. The summed E-state index contributed by atoms with van der Waals surface area (Å²) < 4.78 is 15.1. The fourth-order valence-electron chi connectivity index (χ4n) is 3.32. The van der Waals surface area contributed by atoms with Gasteiger partial charge in [-0.1, -0.05) is 11.8 Å². The Bertz CT molecular complexity index is 1060. The topological polar surface area (TPSA) is 58.4 Å². The summed E-state index contributed by atoms with van der Waals surface area (Å²) in [6, 6.07) is 8.20. The number of halogens is 1. The van der Waals surface area contributed by atoms with Gasteiger partial charge in [0, 0.05) is 31.9 Å². The van der Waals surface area contributed by atoms with Crippen molar-refractivity contribution in [3.8, 4) is 0 Å². The summed E-state index contributed by atoms with van der Waals surface area (Å²) in [6.45, 7) is 2.46. The third kappa shape index (κ3) is 3.64. The summed E-state index contributed by atoms with van der Waals surface area (Å²) in [5.41, 5.74) is 1.46. The summed E-state index contributed by atoms with van der Waals surface area (Å²) in [6.07, 6.45) is 1.85. The summed E-state index contributed by atoms with van der Waals surface area (Å²) in [5, 5.41) is 2.39. The number of piperazine rings is 1. The van der Waals surface area contributed by atoms with E-state index in [1.54, 1.807) is 17.0 Å². The molecule has 2 aromatic heterocycles. The number of nitrogens with zero attached hydrogens (tertiary/aromatic N) is 4. The Morgan fingerprint density at radius 3 is 2.57 bits per heavy atom. The van der Waals surface area contributed by atoms with Gasteiger partial charge in [0.2, 0.25) is 5.91 Å². The minimum absolute atomic E-state index is 0.00754. The number of hydrogen-bond donors (Lipinski definition) is 0. The first kappa shape index (κ1) is 18.9. The number of amides is 1. The minimum Gasteiger partial charge on any atom is -0.368 e.